The van der Waals surface area contributed by atoms with Crippen LogP contribution in [0.25, 0.3) is 0 Å². The first-order valence-electron chi connectivity index (χ1n) is 6.76. The average Bonchev–Trinajstić information content (AvgIpc) is 2.80. The van der Waals surface area contributed by atoms with Gasteiger partial charge in [0.1, 0.15) is 11.6 Å². The first kappa shape index (κ1) is 14.4. The van der Waals surface area contributed by atoms with Crippen LogP contribution in [0.15, 0.2) is 18.2 Å². The Bertz CT molecular complexity index is 428. The number of hydrogen-bond donors (Lipinski definition) is 1. The molecule has 0 radical (unpaired) electrons. The van der Waals surface area contributed by atoms with Gasteiger partial charge in [0.05, 0.1) is 6.61 Å². The van der Waals surface area contributed by atoms with E-state index in [4.69, 9.17) is 4.74 Å². The zero-order valence-corrected chi connectivity index (χ0v) is 11.5. The van der Waals surface area contributed by atoms with Crippen LogP contribution in [-0.2, 0) is 11.2 Å². The molecular formula is C15H21F2NO. The standard InChI is InChI=1S/C15H21F2NO/c1-11(2)18-9-15(5-6-19-10-15)8-12-3-4-13(16)7-14(12)17/h3-4,7,11,18H,5-6,8-10H2,1-2H3. The Labute approximate surface area is 113 Å². The molecule has 1 aliphatic heterocycles. The minimum atomic E-state index is -0.529. The summed E-state index contributed by atoms with van der Waals surface area (Å²) in [4.78, 5) is 0. The van der Waals surface area contributed by atoms with Gasteiger partial charge in [-0.05, 0) is 24.5 Å². The maximum absolute atomic E-state index is 13.8. The van der Waals surface area contributed by atoms with Gasteiger partial charge in [0.25, 0.3) is 0 Å². The Balaban J connectivity index is 2.11. The summed E-state index contributed by atoms with van der Waals surface area (Å²) in [6.45, 7) is 6.30. The molecule has 1 atom stereocenters. The summed E-state index contributed by atoms with van der Waals surface area (Å²) in [6.07, 6.45) is 1.49. The van der Waals surface area contributed by atoms with Crippen LogP contribution in [0.1, 0.15) is 25.8 Å². The molecule has 0 spiro atoms. The molecule has 0 bridgehead atoms. The Morgan fingerprint density at radius 1 is 1.37 bits per heavy atom. The molecule has 0 aromatic heterocycles. The minimum Gasteiger partial charge on any atom is -0.381 e. The first-order valence-corrected chi connectivity index (χ1v) is 6.76. The van der Waals surface area contributed by atoms with E-state index in [0.717, 1.165) is 19.0 Å². The van der Waals surface area contributed by atoms with E-state index in [2.05, 4.69) is 19.2 Å². The second-order valence-corrected chi connectivity index (χ2v) is 5.75. The van der Waals surface area contributed by atoms with Gasteiger partial charge < -0.3 is 10.1 Å². The molecule has 2 nitrogen and oxygen atoms in total. The van der Waals surface area contributed by atoms with Gasteiger partial charge in [0, 0.05) is 30.7 Å². The lowest BCUT2D eigenvalue weighted by atomic mass is 9.80. The summed E-state index contributed by atoms with van der Waals surface area (Å²) in [5.74, 6) is -0.992. The topological polar surface area (TPSA) is 21.3 Å². The highest BCUT2D eigenvalue weighted by Gasteiger charge is 2.35. The van der Waals surface area contributed by atoms with Crippen LogP contribution in [0.3, 0.4) is 0 Å². The largest absolute Gasteiger partial charge is 0.381 e. The van der Waals surface area contributed by atoms with Crippen LogP contribution >= 0.6 is 0 Å². The van der Waals surface area contributed by atoms with Crippen LogP contribution in [0.4, 0.5) is 8.78 Å². The predicted octanol–water partition coefficient (Wildman–Crippen LogP) is 2.91. The van der Waals surface area contributed by atoms with Crippen LogP contribution in [0.5, 0.6) is 0 Å². The van der Waals surface area contributed by atoms with E-state index in [-0.39, 0.29) is 5.41 Å². The Kier molecular flexibility index (Phi) is 4.53. The predicted molar refractivity (Wildman–Crippen MR) is 71.1 cm³/mol. The third kappa shape index (κ3) is 3.74. The van der Waals surface area contributed by atoms with Crippen LogP contribution in [0.2, 0.25) is 0 Å². The number of rotatable bonds is 5. The van der Waals surface area contributed by atoms with Crippen molar-refractivity contribution in [3.05, 3.63) is 35.4 Å². The molecule has 0 aliphatic carbocycles. The summed E-state index contributed by atoms with van der Waals surface area (Å²) >= 11 is 0. The van der Waals surface area contributed by atoms with E-state index in [1.54, 1.807) is 6.07 Å². The Hall–Kier alpha value is -1.00. The first-order chi connectivity index (χ1) is 9.01. The highest BCUT2D eigenvalue weighted by atomic mass is 19.1. The summed E-state index contributed by atoms with van der Waals surface area (Å²) in [7, 11) is 0. The molecule has 1 saturated heterocycles. The molecule has 1 heterocycles. The molecule has 1 unspecified atom stereocenters. The SMILES string of the molecule is CC(C)NCC1(Cc2ccc(F)cc2F)CCOC1. The van der Waals surface area contributed by atoms with Crippen LogP contribution in [-0.4, -0.2) is 25.8 Å². The van der Waals surface area contributed by atoms with Crippen molar-refractivity contribution in [1.82, 2.24) is 5.32 Å². The van der Waals surface area contributed by atoms with Crippen molar-refractivity contribution >= 4 is 0 Å². The minimum absolute atomic E-state index is 0.0804. The van der Waals surface area contributed by atoms with E-state index < -0.39 is 11.6 Å². The van der Waals surface area contributed by atoms with Crippen molar-refractivity contribution < 1.29 is 13.5 Å². The highest BCUT2D eigenvalue weighted by Crippen LogP contribution is 2.33. The average molecular weight is 269 g/mol. The van der Waals surface area contributed by atoms with Crippen LogP contribution < -0.4 is 5.32 Å². The number of benzene rings is 1. The van der Waals surface area contributed by atoms with Gasteiger partial charge in [-0.2, -0.15) is 0 Å². The van der Waals surface area contributed by atoms with Crippen molar-refractivity contribution in [1.29, 1.82) is 0 Å². The number of hydrogen-bond acceptors (Lipinski definition) is 2. The number of ether oxygens (including phenoxy) is 1. The Morgan fingerprint density at radius 3 is 2.74 bits per heavy atom. The molecule has 1 N–H and O–H groups in total. The van der Waals surface area contributed by atoms with Crippen molar-refractivity contribution in [3.8, 4) is 0 Å². The fraction of sp³-hybridized carbons (Fsp3) is 0.600. The molecule has 1 fully saturated rings. The van der Waals surface area contributed by atoms with Gasteiger partial charge in [-0.3, -0.25) is 0 Å². The molecule has 1 aromatic rings. The van der Waals surface area contributed by atoms with E-state index in [1.165, 1.54) is 6.07 Å². The molecule has 1 aliphatic rings. The van der Waals surface area contributed by atoms with Crippen molar-refractivity contribution in [3.63, 3.8) is 0 Å². The summed E-state index contributed by atoms with van der Waals surface area (Å²) < 4.78 is 32.2. The van der Waals surface area contributed by atoms with Crippen molar-refractivity contribution in [2.45, 2.75) is 32.7 Å². The highest BCUT2D eigenvalue weighted by molar-refractivity contribution is 5.20. The lowest BCUT2D eigenvalue weighted by Crippen LogP contribution is -2.39. The maximum atomic E-state index is 13.8. The normalized spacial score (nSPS) is 23.2. The summed E-state index contributed by atoms with van der Waals surface area (Å²) in [5, 5.41) is 3.40. The second kappa shape index (κ2) is 5.97. The maximum Gasteiger partial charge on any atom is 0.129 e. The molecule has 106 valence electrons. The fourth-order valence-electron chi connectivity index (χ4n) is 2.48. The molecule has 19 heavy (non-hydrogen) atoms. The Morgan fingerprint density at radius 2 is 2.16 bits per heavy atom. The van der Waals surface area contributed by atoms with Gasteiger partial charge in [-0.1, -0.05) is 19.9 Å². The van der Waals surface area contributed by atoms with E-state index in [1.807, 2.05) is 0 Å². The number of nitrogens with one attached hydrogen (secondary N) is 1. The zero-order chi connectivity index (χ0) is 13.9. The molecule has 2 rings (SSSR count). The quantitative estimate of drug-likeness (QED) is 0.887. The smallest absolute Gasteiger partial charge is 0.129 e. The van der Waals surface area contributed by atoms with E-state index in [9.17, 15) is 8.78 Å². The molecular weight excluding hydrogens is 248 g/mol. The van der Waals surface area contributed by atoms with Gasteiger partial charge in [-0.15, -0.1) is 0 Å². The van der Waals surface area contributed by atoms with Gasteiger partial charge in [0.15, 0.2) is 0 Å². The van der Waals surface area contributed by atoms with Crippen molar-refractivity contribution in [2.24, 2.45) is 5.41 Å². The summed E-state index contributed by atoms with van der Waals surface area (Å²) in [6, 6.07) is 4.20. The second-order valence-electron chi connectivity index (χ2n) is 5.75. The third-order valence-corrected chi connectivity index (χ3v) is 3.65. The third-order valence-electron chi connectivity index (χ3n) is 3.65. The lowest BCUT2D eigenvalue weighted by molar-refractivity contribution is 0.147. The molecule has 4 heteroatoms. The monoisotopic (exact) mass is 269 g/mol. The van der Waals surface area contributed by atoms with Crippen LogP contribution in [0, 0.1) is 17.0 Å². The molecule has 0 amide bonds. The molecule has 0 saturated carbocycles. The fourth-order valence-corrected chi connectivity index (χ4v) is 2.48. The van der Waals surface area contributed by atoms with Crippen molar-refractivity contribution in [2.75, 3.05) is 19.8 Å². The van der Waals surface area contributed by atoms with E-state index >= 15 is 0 Å². The van der Waals surface area contributed by atoms with Gasteiger partial charge >= 0.3 is 0 Å². The van der Waals surface area contributed by atoms with E-state index in [0.29, 0.717) is 31.2 Å². The number of halogens is 2. The van der Waals surface area contributed by atoms with Gasteiger partial charge in [0.2, 0.25) is 0 Å². The zero-order valence-electron chi connectivity index (χ0n) is 11.5. The van der Waals surface area contributed by atoms with Gasteiger partial charge in [-0.25, -0.2) is 8.78 Å². The summed E-state index contributed by atoms with van der Waals surface area (Å²) in [5.41, 5.74) is 0.487. The molecule has 1 aromatic carbocycles. The lowest BCUT2D eigenvalue weighted by Gasteiger charge is -2.29.